The molecule has 0 radical (unpaired) electrons. The van der Waals surface area contributed by atoms with Crippen LogP contribution in [-0.2, 0) is 11.3 Å². The Morgan fingerprint density at radius 3 is 2.36 bits per heavy atom. The van der Waals surface area contributed by atoms with Crippen molar-refractivity contribution in [2.45, 2.75) is 26.4 Å². The van der Waals surface area contributed by atoms with Crippen LogP contribution in [0.25, 0.3) is 0 Å². The van der Waals surface area contributed by atoms with Crippen LogP contribution >= 0.6 is 0 Å². The monoisotopic (exact) mass is 346 g/mol. The quantitative estimate of drug-likeness (QED) is 0.756. The Hall–Kier alpha value is -2.27. The summed E-state index contributed by atoms with van der Waals surface area (Å²) in [5.74, 6) is -0.604. The average molecular weight is 346 g/mol. The first kappa shape index (κ1) is 19.1. The first-order chi connectivity index (χ1) is 11.9. The summed E-state index contributed by atoms with van der Waals surface area (Å²) in [7, 11) is 1.86. The summed E-state index contributed by atoms with van der Waals surface area (Å²) in [6.07, 6.45) is 0. The van der Waals surface area contributed by atoms with Gasteiger partial charge in [-0.05, 0) is 56.3 Å². The highest BCUT2D eigenvalue weighted by molar-refractivity contribution is 5.78. The zero-order chi connectivity index (χ0) is 18.4. The van der Waals surface area contributed by atoms with Gasteiger partial charge in [0.15, 0.2) is 0 Å². The molecule has 0 bridgehead atoms. The number of halogens is 2. The number of amides is 1. The van der Waals surface area contributed by atoms with Gasteiger partial charge >= 0.3 is 0 Å². The van der Waals surface area contributed by atoms with Crippen molar-refractivity contribution >= 4 is 5.91 Å². The van der Waals surface area contributed by atoms with Crippen molar-refractivity contribution in [1.29, 1.82) is 0 Å². The van der Waals surface area contributed by atoms with Crippen molar-refractivity contribution in [2.24, 2.45) is 0 Å². The van der Waals surface area contributed by atoms with E-state index in [0.717, 1.165) is 11.1 Å². The Labute approximate surface area is 147 Å². The topological polar surface area (TPSA) is 23.6 Å². The van der Waals surface area contributed by atoms with Crippen molar-refractivity contribution < 1.29 is 13.6 Å². The maximum atomic E-state index is 13.3. The number of hydrogen-bond acceptors (Lipinski definition) is 2. The fraction of sp³-hybridized carbons (Fsp3) is 0.350. The first-order valence-electron chi connectivity index (χ1n) is 8.38. The van der Waals surface area contributed by atoms with Crippen molar-refractivity contribution in [3.05, 3.63) is 71.3 Å². The van der Waals surface area contributed by atoms with E-state index in [1.165, 1.54) is 24.3 Å². The Bertz CT molecular complexity index is 703. The number of benzene rings is 2. The molecule has 0 aliphatic rings. The highest BCUT2D eigenvalue weighted by Gasteiger charge is 2.19. The number of rotatable bonds is 7. The second-order valence-electron chi connectivity index (χ2n) is 6.18. The largest absolute Gasteiger partial charge is 0.338 e. The fourth-order valence-corrected chi connectivity index (χ4v) is 2.68. The molecule has 0 heterocycles. The lowest BCUT2D eigenvalue weighted by molar-refractivity contribution is -0.133. The van der Waals surface area contributed by atoms with E-state index in [1.807, 2.05) is 31.9 Å². The molecule has 3 nitrogen and oxygen atoms in total. The lowest BCUT2D eigenvalue weighted by Crippen LogP contribution is -2.39. The summed E-state index contributed by atoms with van der Waals surface area (Å²) in [5, 5.41) is 0. The van der Waals surface area contributed by atoms with Crippen molar-refractivity contribution in [2.75, 3.05) is 20.1 Å². The summed E-state index contributed by atoms with van der Waals surface area (Å²) < 4.78 is 26.4. The predicted molar refractivity (Wildman–Crippen MR) is 94.9 cm³/mol. The Morgan fingerprint density at radius 1 is 1.08 bits per heavy atom. The Kier molecular flexibility index (Phi) is 6.65. The minimum atomic E-state index is -0.303. The molecule has 0 fully saturated rings. The standard InChI is InChI=1S/C20H24F2N2O/c1-4-24(13-16-6-5-7-19(22)12-16)20(25)14-23(3)15(2)17-8-10-18(21)11-9-17/h5-12,15H,4,13-14H2,1-3H3. The lowest BCUT2D eigenvalue weighted by atomic mass is 10.1. The van der Waals surface area contributed by atoms with Gasteiger partial charge in [-0.3, -0.25) is 9.69 Å². The smallest absolute Gasteiger partial charge is 0.237 e. The average Bonchev–Trinajstić information content (AvgIpc) is 2.59. The van der Waals surface area contributed by atoms with E-state index in [-0.39, 0.29) is 30.1 Å². The van der Waals surface area contributed by atoms with Crippen molar-refractivity contribution in [3.63, 3.8) is 0 Å². The van der Waals surface area contributed by atoms with Crippen LogP contribution in [0.2, 0.25) is 0 Å². The molecular weight excluding hydrogens is 322 g/mol. The van der Waals surface area contributed by atoms with Crippen LogP contribution in [0.5, 0.6) is 0 Å². The van der Waals surface area contributed by atoms with Crippen LogP contribution in [0.4, 0.5) is 8.78 Å². The van der Waals surface area contributed by atoms with Gasteiger partial charge in [-0.25, -0.2) is 8.78 Å². The second-order valence-corrected chi connectivity index (χ2v) is 6.18. The molecule has 1 amide bonds. The molecule has 1 unspecified atom stereocenters. The van der Waals surface area contributed by atoms with Gasteiger partial charge in [0.05, 0.1) is 6.54 Å². The summed E-state index contributed by atoms with van der Waals surface area (Å²) in [6, 6.07) is 12.6. The zero-order valence-corrected chi connectivity index (χ0v) is 14.9. The minimum Gasteiger partial charge on any atom is -0.338 e. The highest BCUT2D eigenvalue weighted by Crippen LogP contribution is 2.19. The van der Waals surface area contributed by atoms with Gasteiger partial charge in [-0.15, -0.1) is 0 Å². The third-order valence-electron chi connectivity index (χ3n) is 4.40. The number of carbonyl (C=O) groups excluding carboxylic acids is 1. The maximum absolute atomic E-state index is 13.3. The molecule has 0 spiro atoms. The molecule has 0 saturated heterocycles. The normalized spacial score (nSPS) is 12.2. The van der Waals surface area contributed by atoms with E-state index in [9.17, 15) is 13.6 Å². The van der Waals surface area contributed by atoms with E-state index in [1.54, 1.807) is 23.1 Å². The first-order valence-corrected chi connectivity index (χ1v) is 8.38. The Balaban J connectivity index is 1.99. The molecular formula is C20H24F2N2O. The van der Waals surface area contributed by atoms with Crippen molar-refractivity contribution in [1.82, 2.24) is 9.80 Å². The summed E-state index contributed by atoms with van der Waals surface area (Å²) in [4.78, 5) is 16.2. The van der Waals surface area contributed by atoms with Gasteiger partial charge in [0.2, 0.25) is 5.91 Å². The summed E-state index contributed by atoms with van der Waals surface area (Å²) in [6.45, 7) is 5.05. The third kappa shape index (κ3) is 5.36. The minimum absolute atomic E-state index is 0.0163. The van der Waals surface area contributed by atoms with Gasteiger partial charge in [0, 0.05) is 19.1 Å². The molecule has 0 aromatic heterocycles. The molecule has 5 heteroatoms. The zero-order valence-electron chi connectivity index (χ0n) is 14.9. The van der Waals surface area contributed by atoms with Crippen LogP contribution in [-0.4, -0.2) is 35.8 Å². The van der Waals surface area contributed by atoms with Gasteiger partial charge in [-0.2, -0.15) is 0 Å². The van der Waals surface area contributed by atoms with E-state index in [2.05, 4.69) is 0 Å². The van der Waals surface area contributed by atoms with Crippen molar-refractivity contribution in [3.8, 4) is 0 Å². The molecule has 2 aromatic rings. The fourth-order valence-electron chi connectivity index (χ4n) is 2.68. The van der Waals surface area contributed by atoms with Gasteiger partial charge in [0.1, 0.15) is 11.6 Å². The summed E-state index contributed by atoms with van der Waals surface area (Å²) in [5.41, 5.74) is 1.72. The van der Waals surface area contributed by atoms with Crippen LogP contribution in [0.15, 0.2) is 48.5 Å². The number of likely N-dealkylation sites (N-methyl/N-ethyl adjacent to an activating group) is 2. The molecule has 0 N–H and O–H groups in total. The molecule has 25 heavy (non-hydrogen) atoms. The van der Waals surface area contributed by atoms with Gasteiger partial charge in [-0.1, -0.05) is 24.3 Å². The lowest BCUT2D eigenvalue weighted by Gasteiger charge is -2.28. The van der Waals surface area contributed by atoms with Crippen LogP contribution in [0, 0.1) is 11.6 Å². The molecule has 2 rings (SSSR count). The number of carbonyl (C=O) groups is 1. The number of nitrogens with zero attached hydrogens (tertiary/aromatic N) is 2. The molecule has 134 valence electrons. The van der Waals surface area contributed by atoms with Crippen LogP contribution in [0.3, 0.4) is 0 Å². The second kappa shape index (κ2) is 8.72. The number of hydrogen-bond donors (Lipinski definition) is 0. The maximum Gasteiger partial charge on any atom is 0.237 e. The molecule has 0 aliphatic heterocycles. The third-order valence-corrected chi connectivity index (χ3v) is 4.40. The Morgan fingerprint density at radius 2 is 1.76 bits per heavy atom. The summed E-state index contributed by atoms with van der Waals surface area (Å²) >= 11 is 0. The molecule has 2 aromatic carbocycles. The van der Waals surface area contributed by atoms with Crippen LogP contribution < -0.4 is 0 Å². The highest BCUT2D eigenvalue weighted by atomic mass is 19.1. The van der Waals surface area contributed by atoms with Gasteiger partial charge in [0.25, 0.3) is 0 Å². The molecule has 0 aliphatic carbocycles. The van der Waals surface area contributed by atoms with Gasteiger partial charge < -0.3 is 4.90 Å². The molecule has 1 atom stereocenters. The van der Waals surface area contributed by atoms with E-state index < -0.39 is 0 Å². The van der Waals surface area contributed by atoms with Crippen LogP contribution in [0.1, 0.15) is 31.0 Å². The SMILES string of the molecule is CCN(Cc1cccc(F)c1)C(=O)CN(C)C(C)c1ccc(F)cc1. The van der Waals surface area contributed by atoms with E-state index in [0.29, 0.717) is 13.1 Å². The predicted octanol–water partition coefficient (Wildman–Crippen LogP) is 4.01. The van der Waals surface area contributed by atoms with E-state index in [4.69, 9.17) is 0 Å². The molecule has 0 saturated carbocycles. The van der Waals surface area contributed by atoms with E-state index >= 15 is 0 Å².